The Balaban J connectivity index is 1.23. The minimum atomic E-state index is -1.44. The Bertz CT molecular complexity index is 2180. The molecule has 1 saturated heterocycles. The van der Waals surface area contributed by atoms with Gasteiger partial charge in [0.25, 0.3) is 0 Å². The highest BCUT2D eigenvalue weighted by Crippen LogP contribution is 2.44. The van der Waals surface area contributed by atoms with Crippen LogP contribution in [0.2, 0.25) is 0 Å². The SMILES string of the molecule is CCC(C)C(C(CC(=O)N1CCC[C@H]1C(OC)C(C)C(=S)NC(Cc1ccccc1)C(=O)OC)OC)N(C)C(=O)C(NC(=O)C(C)(C)NC(=O)OCC1c2ccccc2-c2ccccc21)C(C)C. The number of amides is 4. The molecule has 7 unspecified atom stereocenters. The molecular formula is C53H73N5O9S. The third-order valence-corrected chi connectivity index (χ3v) is 14.4. The molecule has 5 rings (SSSR count). The lowest BCUT2D eigenvalue weighted by atomic mass is 9.89. The number of carbonyl (C=O) groups is 5. The van der Waals surface area contributed by atoms with Crippen molar-refractivity contribution in [3.8, 4) is 11.1 Å². The zero-order chi connectivity index (χ0) is 49.9. The van der Waals surface area contributed by atoms with Crippen LogP contribution in [-0.4, -0.2) is 128 Å². The summed E-state index contributed by atoms with van der Waals surface area (Å²) in [4.78, 5) is 73.0. The van der Waals surface area contributed by atoms with Gasteiger partial charge in [-0.2, -0.15) is 0 Å². The van der Waals surface area contributed by atoms with E-state index in [4.69, 9.17) is 31.2 Å². The summed E-state index contributed by atoms with van der Waals surface area (Å²) in [7, 11) is 6.18. The summed E-state index contributed by atoms with van der Waals surface area (Å²) in [5, 5.41) is 8.87. The number of nitrogens with zero attached hydrogens (tertiary/aromatic N) is 2. The van der Waals surface area contributed by atoms with Gasteiger partial charge in [0.15, 0.2) is 0 Å². The molecule has 1 aliphatic carbocycles. The van der Waals surface area contributed by atoms with Crippen LogP contribution >= 0.6 is 12.2 Å². The highest BCUT2D eigenvalue weighted by Gasteiger charge is 2.43. The summed E-state index contributed by atoms with van der Waals surface area (Å²) in [6.45, 7) is 13.4. The van der Waals surface area contributed by atoms with E-state index in [9.17, 15) is 24.0 Å². The van der Waals surface area contributed by atoms with Gasteiger partial charge >= 0.3 is 12.1 Å². The number of esters is 1. The molecule has 68 heavy (non-hydrogen) atoms. The quantitative estimate of drug-likeness (QED) is 0.0698. The van der Waals surface area contributed by atoms with Gasteiger partial charge in [-0.25, -0.2) is 9.59 Å². The highest BCUT2D eigenvalue weighted by molar-refractivity contribution is 7.80. The van der Waals surface area contributed by atoms with Gasteiger partial charge in [-0.15, -0.1) is 0 Å². The predicted octanol–water partition coefficient (Wildman–Crippen LogP) is 7.07. The number of benzene rings is 3. The zero-order valence-electron chi connectivity index (χ0n) is 41.7. The fourth-order valence-electron chi connectivity index (χ4n) is 9.80. The average Bonchev–Trinajstić information content (AvgIpc) is 3.94. The molecule has 14 nitrogen and oxygen atoms in total. The highest BCUT2D eigenvalue weighted by atomic mass is 32.1. The van der Waals surface area contributed by atoms with Crippen molar-refractivity contribution < 1.29 is 42.9 Å². The van der Waals surface area contributed by atoms with E-state index < -0.39 is 53.8 Å². The second kappa shape index (κ2) is 24.3. The fourth-order valence-corrected chi connectivity index (χ4v) is 10.1. The van der Waals surface area contributed by atoms with Gasteiger partial charge in [0.2, 0.25) is 17.7 Å². The number of thiocarbonyl (C=S) groups is 1. The van der Waals surface area contributed by atoms with Gasteiger partial charge in [0, 0.05) is 46.1 Å². The Labute approximate surface area is 408 Å². The Morgan fingerprint density at radius 3 is 2.01 bits per heavy atom. The summed E-state index contributed by atoms with van der Waals surface area (Å²) < 4.78 is 23.0. The second-order valence-corrected chi connectivity index (χ2v) is 19.6. The molecule has 3 aromatic carbocycles. The molecule has 0 saturated carbocycles. The fraction of sp³-hybridized carbons (Fsp3) is 0.547. The molecular weight excluding hydrogens is 883 g/mol. The number of ether oxygens (including phenoxy) is 4. The first-order chi connectivity index (χ1) is 32.4. The standard InChI is InChI=1S/C53H73N5O9S/c1-12-33(4)46(43(64-9)30-44(59)58-28-20-27-42(58)47(65-10)34(5)48(68)54-41(50(61)66-11)29-35-21-14-13-15-22-35)57(8)49(60)45(32(2)3)55-51(62)53(6,7)56-52(63)67-31-40-38-25-18-16-23-36(38)37-24-17-19-26-39(37)40/h13-19,21-26,32-34,40-43,45-47H,12,20,27-31H2,1-11H3,(H,54,68)(H,55,62)(H,56,63)/t33?,34?,41?,42-,43?,45?,46?,47?/m0/s1. The van der Waals surface area contributed by atoms with Crippen molar-refractivity contribution >= 4 is 47.0 Å². The van der Waals surface area contributed by atoms with Gasteiger partial charge in [-0.1, -0.05) is 132 Å². The van der Waals surface area contributed by atoms with Crippen molar-refractivity contribution in [2.45, 2.75) is 128 Å². The van der Waals surface area contributed by atoms with Crippen LogP contribution in [0, 0.1) is 17.8 Å². The van der Waals surface area contributed by atoms with Crippen molar-refractivity contribution in [2.24, 2.45) is 17.8 Å². The molecule has 3 aromatic rings. The summed E-state index contributed by atoms with van der Waals surface area (Å²) in [5.41, 5.74) is 3.86. The van der Waals surface area contributed by atoms with E-state index in [0.717, 1.165) is 34.2 Å². The molecule has 0 spiro atoms. The maximum atomic E-state index is 14.6. The predicted molar refractivity (Wildman–Crippen MR) is 267 cm³/mol. The van der Waals surface area contributed by atoms with E-state index >= 15 is 0 Å². The van der Waals surface area contributed by atoms with Gasteiger partial charge in [-0.3, -0.25) is 14.4 Å². The van der Waals surface area contributed by atoms with Crippen molar-refractivity contribution in [3.05, 3.63) is 95.6 Å². The van der Waals surface area contributed by atoms with Gasteiger partial charge in [0.1, 0.15) is 24.2 Å². The van der Waals surface area contributed by atoms with Crippen molar-refractivity contribution in [3.63, 3.8) is 0 Å². The second-order valence-electron chi connectivity index (χ2n) is 19.1. The van der Waals surface area contributed by atoms with Crippen LogP contribution < -0.4 is 16.0 Å². The van der Waals surface area contributed by atoms with Crippen LogP contribution in [0.5, 0.6) is 0 Å². The lowest BCUT2D eigenvalue weighted by molar-refractivity contribution is -0.147. The van der Waals surface area contributed by atoms with Crippen molar-refractivity contribution in [1.82, 2.24) is 25.8 Å². The van der Waals surface area contributed by atoms with Crippen molar-refractivity contribution in [1.29, 1.82) is 0 Å². The summed E-state index contributed by atoms with van der Waals surface area (Å²) in [6, 6.07) is 23.2. The summed E-state index contributed by atoms with van der Waals surface area (Å²) in [5.74, 6) is -2.44. The molecule has 8 atom stereocenters. The van der Waals surface area contributed by atoms with Crippen molar-refractivity contribution in [2.75, 3.05) is 41.5 Å². The average molecular weight is 956 g/mol. The van der Waals surface area contributed by atoms with Crippen LogP contribution in [0.25, 0.3) is 11.1 Å². The third kappa shape index (κ3) is 12.6. The number of methoxy groups -OCH3 is 3. The third-order valence-electron chi connectivity index (χ3n) is 13.9. The number of likely N-dealkylation sites (N-methyl/N-ethyl adjacent to an activating group) is 1. The van der Waals surface area contributed by atoms with E-state index in [1.807, 2.05) is 106 Å². The monoisotopic (exact) mass is 956 g/mol. The van der Waals surface area contributed by atoms with E-state index in [2.05, 4.69) is 28.1 Å². The number of hydrogen-bond acceptors (Lipinski definition) is 10. The number of rotatable bonds is 22. The first-order valence-electron chi connectivity index (χ1n) is 23.9. The minimum Gasteiger partial charge on any atom is -0.467 e. The number of fused-ring (bicyclic) bond motifs is 3. The first-order valence-corrected chi connectivity index (χ1v) is 24.3. The van der Waals surface area contributed by atoms with Crippen LogP contribution in [-0.2, 0) is 44.5 Å². The Morgan fingerprint density at radius 1 is 0.853 bits per heavy atom. The number of hydrogen-bond donors (Lipinski definition) is 3. The van der Waals surface area contributed by atoms with Crippen LogP contribution in [0.15, 0.2) is 78.9 Å². The molecule has 0 radical (unpaired) electrons. The summed E-state index contributed by atoms with van der Waals surface area (Å²) in [6.07, 6.45) is 0.574. The molecule has 1 aliphatic heterocycles. The van der Waals surface area contributed by atoms with Crippen LogP contribution in [0.1, 0.15) is 96.8 Å². The normalized spacial score (nSPS) is 17.6. The molecule has 370 valence electrons. The number of alkyl carbamates (subject to hydrolysis) is 1. The zero-order valence-corrected chi connectivity index (χ0v) is 42.5. The van der Waals surface area contributed by atoms with E-state index in [1.165, 1.54) is 7.11 Å². The first kappa shape index (κ1) is 53.6. The number of nitrogens with one attached hydrogen (secondary N) is 3. The molecule has 15 heteroatoms. The smallest absolute Gasteiger partial charge is 0.408 e. The molecule has 1 fully saturated rings. The van der Waals surface area contributed by atoms with Gasteiger partial charge < -0.3 is 44.7 Å². The van der Waals surface area contributed by atoms with E-state index in [1.54, 1.807) is 40.0 Å². The molecule has 0 bridgehead atoms. The molecule has 0 aromatic heterocycles. The maximum Gasteiger partial charge on any atom is 0.408 e. The molecule has 3 N–H and O–H groups in total. The van der Waals surface area contributed by atoms with Gasteiger partial charge in [0.05, 0.1) is 42.8 Å². The van der Waals surface area contributed by atoms with Crippen LogP contribution in [0.3, 0.4) is 0 Å². The largest absolute Gasteiger partial charge is 0.467 e. The Morgan fingerprint density at radius 2 is 1.46 bits per heavy atom. The summed E-state index contributed by atoms with van der Waals surface area (Å²) >= 11 is 5.88. The molecule has 4 amide bonds. The number of likely N-dealkylation sites (tertiary alicyclic amines) is 1. The lowest BCUT2D eigenvalue weighted by Crippen LogP contribution is -2.62. The van der Waals surface area contributed by atoms with Gasteiger partial charge in [-0.05, 0) is 66.3 Å². The topological polar surface area (TPSA) is 165 Å². The Kier molecular flexibility index (Phi) is 19.1. The molecule has 2 aliphatic rings. The minimum absolute atomic E-state index is 0.00950. The van der Waals surface area contributed by atoms with Crippen LogP contribution in [0.4, 0.5) is 4.79 Å². The van der Waals surface area contributed by atoms with E-state index in [0.29, 0.717) is 30.8 Å². The maximum absolute atomic E-state index is 14.6. The lowest BCUT2D eigenvalue weighted by Gasteiger charge is -2.41. The number of carbonyl (C=O) groups excluding carboxylic acids is 5. The molecule has 1 heterocycles. The van der Waals surface area contributed by atoms with E-state index in [-0.39, 0.29) is 54.6 Å². The Hall–Kier alpha value is -5.38.